The standard InChI is InChI=1S/C8H16N2O2/c1-6(8(9)12)2-10-3-7(4-10)5-11/h6-7,11H,2-5H2,1H3,(H2,9,12). The molecule has 0 aromatic heterocycles. The van der Waals surface area contributed by atoms with Crippen LogP contribution < -0.4 is 5.73 Å². The van der Waals surface area contributed by atoms with Crippen molar-refractivity contribution in [3.63, 3.8) is 0 Å². The number of aliphatic hydroxyl groups excluding tert-OH is 1. The van der Waals surface area contributed by atoms with Gasteiger partial charge in [0.25, 0.3) is 0 Å². The van der Waals surface area contributed by atoms with Gasteiger partial charge in [-0.2, -0.15) is 0 Å². The van der Waals surface area contributed by atoms with E-state index in [0.717, 1.165) is 19.6 Å². The summed E-state index contributed by atoms with van der Waals surface area (Å²) in [6.45, 7) is 4.60. The van der Waals surface area contributed by atoms with E-state index in [1.807, 2.05) is 6.92 Å². The second-order valence-corrected chi connectivity index (χ2v) is 3.57. The molecule has 1 aliphatic heterocycles. The first kappa shape index (κ1) is 9.48. The SMILES string of the molecule is CC(CN1CC(CO)C1)C(N)=O. The van der Waals surface area contributed by atoms with Gasteiger partial charge in [0.05, 0.1) is 0 Å². The van der Waals surface area contributed by atoms with E-state index >= 15 is 0 Å². The van der Waals surface area contributed by atoms with Crippen LogP contribution in [-0.2, 0) is 4.79 Å². The molecule has 70 valence electrons. The Labute approximate surface area is 72.3 Å². The molecule has 0 aromatic carbocycles. The first-order chi connectivity index (χ1) is 5.63. The summed E-state index contributed by atoms with van der Waals surface area (Å²) in [7, 11) is 0. The van der Waals surface area contributed by atoms with Crippen LogP contribution in [0.5, 0.6) is 0 Å². The number of carbonyl (C=O) groups excluding carboxylic acids is 1. The highest BCUT2D eigenvalue weighted by Gasteiger charge is 2.27. The van der Waals surface area contributed by atoms with E-state index in [-0.39, 0.29) is 18.4 Å². The van der Waals surface area contributed by atoms with Crippen molar-refractivity contribution in [3.05, 3.63) is 0 Å². The third kappa shape index (κ3) is 2.19. The van der Waals surface area contributed by atoms with Gasteiger partial charge in [0.2, 0.25) is 5.91 Å². The molecule has 1 fully saturated rings. The van der Waals surface area contributed by atoms with E-state index in [9.17, 15) is 4.79 Å². The Kier molecular flexibility index (Phi) is 3.05. The van der Waals surface area contributed by atoms with Gasteiger partial charge in [-0.05, 0) is 0 Å². The van der Waals surface area contributed by atoms with Crippen molar-refractivity contribution in [3.8, 4) is 0 Å². The summed E-state index contributed by atoms with van der Waals surface area (Å²) in [5.74, 6) is 0.0807. The molecule has 0 radical (unpaired) electrons. The summed E-state index contributed by atoms with van der Waals surface area (Å²) in [4.78, 5) is 12.8. The highest BCUT2D eigenvalue weighted by Crippen LogP contribution is 2.15. The molecule has 1 heterocycles. The summed E-state index contributed by atoms with van der Waals surface area (Å²) in [6, 6.07) is 0. The number of hydrogen-bond donors (Lipinski definition) is 2. The Balaban J connectivity index is 2.14. The van der Waals surface area contributed by atoms with Gasteiger partial charge >= 0.3 is 0 Å². The normalized spacial score (nSPS) is 21.8. The lowest BCUT2D eigenvalue weighted by Crippen LogP contribution is -2.51. The lowest BCUT2D eigenvalue weighted by molar-refractivity contribution is -0.122. The predicted molar refractivity (Wildman–Crippen MR) is 45.4 cm³/mol. The predicted octanol–water partition coefficient (Wildman–Crippen LogP) is -0.968. The van der Waals surface area contributed by atoms with Gasteiger partial charge in [0, 0.05) is 38.1 Å². The molecule has 12 heavy (non-hydrogen) atoms. The average Bonchev–Trinajstić information content (AvgIpc) is 1.94. The number of amides is 1. The quantitative estimate of drug-likeness (QED) is 0.573. The maximum Gasteiger partial charge on any atom is 0.221 e. The van der Waals surface area contributed by atoms with Crippen LogP contribution in [0.2, 0.25) is 0 Å². The van der Waals surface area contributed by atoms with Gasteiger partial charge < -0.3 is 15.7 Å². The third-order valence-corrected chi connectivity index (χ3v) is 2.31. The molecule has 1 atom stereocenters. The molecule has 4 nitrogen and oxygen atoms in total. The number of likely N-dealkylation sites (tertiary alicyclic amines) is 1. The first-order valence-corrected chi connectivity index (χ1v) is 4.26. The number of hydrogen-bond acceptors (Lipinski definition) is 3. The number of primary amides is 1. The molecular weight excluding hydrogens is 156 g/mol. The summed E-state index contributed by atoms with van der Waals surface area (Å²) in [5.41, 5.74) is 5.12. The van der Waals surface area contributed by atoms with Crippen molar-refractivity contribution in [2.45, 2.75) is 6.92 Å². The fourth-order valence-corrected chi connectivity index (χ4v) is 1.42. The highest BCUT2D eigenvalue weighted by molar-refractivity contribution is 5.76. The van der Waals surface area contributed by atoms with Crippen LogP contribution >= 0.6 is 0 Å². The molecular formula is C8H16N2O2. The van der Waals surface area contributed by atoms with E-state index in [1.54, 1.807) is 0 Å². The molecule has 0 aromatic rings. The van der Waals surface area contributed by atoms with Crippen LogP contribution in [0.1, 0.15) is 6.92 Å². The molecule has 0 saturated carbocycles. The Morgan fingerprint density at radius 3 is 2.75 bits per heavy atom. The Hall–Kier alpha value is -0.610. The van der Waals surface area contributed by atoms with Crippen molar-refractivity contribution in [2.24, 2.45) is 17.6 Å². The van der Waals surface area contributed by atoms with Crippen molar-refractivity contribution in [1.29, 1.82) is 0 Å². The molecule has 1 saturated heterocycles. The number of rotatable bonds is 4. The van der Waals surface area contributed by atoms with Gasteiger partial charge in [-0.25, -0.2) is 0 Å². The van der Waals surface area contributed by atoms with Crippen LogP contribution in [0, 0.1) is 11.8 Å². The maximum atomic E-state index is 10.7. The van der Waals surface area contributed by atoms with E-state index in [2.05, 4.69) is 4.90 Å². The lowest BCUT2D eigenvalue weighted by atomic mass is 9.99. The van der Waals surface area contributed by atoms with E-state index in [0.29, 0.717) is 5.92 Å². The number of aliphatic hydroxyl groups is 1. The van der Waals surface area contributed by atoms with E-state index < -0.39 is 0 Å². The van der Waals surface area contributed by atoms with E-state index in [1.165, 1.54) is 0 Å². The number of carbonyl (C=O) groups is 1. The van der Waals surface area contributed by atoms with Crippen LogP contribution in [0.4, 0.5) is 0 Å². The Morgan fingerprint density at radius 2 is 2.33 bits per heavy atom. The zero-order chi connectivity index (χ0) is 9.14. The minimum atomic E-state index is -0.248. The van der Waals surface area contributed by atoms with Gasteiger partial charge in [-0.15, -0.1) is 0 Å². The molecule has 4 heteroatoms. The number of nitrogens with zero attached hydrogens (tertiary/aromatic N) is 1. The van der Waals surface area contributed by atoms with Gasteiger partial charge in [-0.3, -0.25) is 4.79 Å². The summed E-state index contributed by atoms with van der Waals surface area (Å²) < 4.78 is 0. The van der Waals surface area contributed by atoms with Crippen molar-refractivity contribution in [1.82, 2.24) is 4.90 Å². The highest BCUT2D eigenvalue weighted by atomic mass is 16.3. The van der Waals surface area contributed by atoms with Gasteiger partial charge in [0.1, 0.15) is 0 Å². The molecule has 1 amide bonds. The van der Waals surface area contributed by atoms with Crippen molar-refractivity contribution >= 4 is 5.91 Å². The first-order valence-electron chi connectivity index (χ1n) is 4.26. The summed E-state index contributed by atoms with van der Waals surface area (Å²) >= 11 is 0. The molecule has 0 aliphatic carbocycles. The number of nitrogens with two attached hydrogens (primary N) is 1. The monoisotopic (exact) mass is 172 g/mol. The minimum absolute atomic E-state index is 0.0790. The molecule has 1 unspecified atom stereocenters. The van der Waals surface area contributed by atoms with Gasteiger partial charge in [-0.1, -0.05) is 6.92 Å². The Bertz CT molecular complexity index is 166. The maximum absolute atomic E-state index is 10.7. The fourth-order valence-electron chi connectivity index (χ4n) is 1.42. The van der Waals surface area contributed by atoms with Crippen molar-refractivity contribution in [2.75, 3.05) is 26.2 Å². The average molecular weight is 172 g/mol. The van der Waals surface area contributed by atoms with Crippen molar-refractivity contribution < 1.29 is 9.90 Å². The Morgan fingerprint density at radius 1 is 1.75 bits per heavy atom. The zero-order valence-electron chi connectivity index (χ0n) is 7.36. The largest absolute Gasteiger partial charge is 0.396 e. The van der Waals surface area contributed by atoms with Crippen LogP contribution in [-0.4, -0.2) is 42.2 Å². The fraction of sp³-hybridized carbons (Fsp3) is 0.875. The minimum Gasteiger partial charge on any atom is -0.396 e. The molecule has 0 spiro atoms. The molecule has 1 aliphatic rings. The van der Waals surface area contributed by atoms with Crippen LogP contribution in [0.25, 0.3) is 0 Å². The molecule has 1 rings (SSSR count). The smallest absolute Gasteiger partial charge is 0.221 e. The van der Waals surface area contributed by atoms with Gasteiger partial charge in [0.15, 0.2) is 0 Å². The summed E-state index contributed by atoms with van der Waals surface area (Å²) in [5, 5.41) is 8.73. The second-order valence-electron chi connectivity index (χ2n) is 3.57. The summed E-state index contributed by atoms with van der Waals surface area (Å²) in [6.07, 6.45) is 0. The second kappa shape index (κ2) is 3.87. The third-order valence-electron chi connectivity index (χ3n) is 2.31. The molecule has 3 N–H and O–H groups in total. The van der Waals surface area contributed by atoms with E-state index in [4.69, 9.17) is 10.8 Å². The lowest BCUT2D eigenvalue weighted by Gasteiger charge is -2.39. The van der Waals surface area contributed by atoms with Crippen LogP contribution in [0.15, 0.2) is 0 Å². The molecule has 0 bridgehead atoms. The van der Waals surface area contributed by atoms with Crippen LogP contribution in [0.3, 0.4) is 0 Å². The zero-order valence-corrected chi connectivity index (χ0v) is 7.36. The topological polar surface area (TPSA) is 66.6 Å².